The lowest BCUT2D eigenvalue weighted by atomic mass is 10.2. The van der Waals surface area contributed by atoms with Gasteiger partial charge in [0.1, 0.15) is 5.69 Å². The van der Waals surface area contributed by atoms with Crippen LogP contribution in [-0.4, -0.2) is 33.6 Å². The molecule has 98 valence electrons. The van der Waals surface area contributed by atoms with Crippen molar-refractivity contribution in [2.45, 2.75) is 18.9 Å². The van der Waals surface area contributed by atoms with Crippen molar-refractivity contribution in [3.8, 4) is 11.5 Å². The Morgan fingerprint density at radius 2 is 2.39 bits per heavy atom. The number of ether oxygens (including phenoxy) is 1. The molecule has 0 amide bonds. The van der Waals surface area contributed by atoms with E-state index in [-0.39, 0.29) is 6.04 Å². The lowest BCUT2D eigenvalue weighted by Crippen LogP contribution is -2.11. The SMILES string of the molecule is COCCCC(N)c1nc(-c2ccn(C)n2)no1. The summed E-state index contributed by atoms with van der Waals surface area (Å²) in [6.07, 6.45) is 3.43. The number of nitrogens with two attached hydrogens (primary N) is 1. The molecule has 1 atom stereocenters. The molecule has 0 aliphatic rings. The largest absolute Gasteiger partial charge is 0.385 e. The molecule has 2 N–H and O–H groups in total. The van der Waals surface area contributed by atoms with Crippen molar-refractivity contribution in [1.29, 1.82) is 0 Å². The fourth-order valence-electron chi connectivity index (χ4n) is 1.60. The smallest absolute Gasteiger partial charge is 0.243 e. The Labute approximate surface area is 105 Å². The summed E-state index contributed by atoms with van der Waals surface area (Å²) in [6.45, 7) is 0.676. The number of hydrogen-bond donors (Lipinski definition) is 1. The van der Waals surface area contributed by atoms with Gasteiger partial charge in [0.05, 0.1) is 6.04 Å². The van der Waals surface area contributed by atoms with Crippen LogP contribution < -0.4 is 5.73 Å². The van der Waals surface area contributed by atoms with Crippen LogP contribution in [0.2, 0.25) is 0 Å². The van der Waals surface area contributed by atoms with Crippen LogP contribution in [0.1, 0.15) is 24.8 Å². The van der Waals surface area contributed by atoms with Gasteiger partial charge in [-0.2, -0.15) is 10.1 Å². The van der Waals surface area contributed by atoms with Crippen LogP contribution >= 0.6 is 0 Å². The first-order valence-corrected chi connectivity index (χ1v) is 5.79. The zero-order chi connectivity index (χ0) is 13.0. The van der Waals surface area contributed by atoms with Crippen molar-refractivity contribution in [2.75, 3.05) is 13.7 Å². The van der Waals surface area contributed by atoms with E-state index in [1.165, 1.54) is 0 Å². The predicted molar refractivity (Wildman–Crippen MR) is 64.5 cm³/mol. The highest BCUT2D eigenvalue weighted by molar-refractivity contribution is 5.46. The maximum Gasteiger partial charge on any atom is 0.243 e. The molecule has 0 radical (unpaired) electrons. The fourth-order valence-corrected chi connectivity index (χ4v) is 1.60. The van der Waals surface area contributed by atoms with E-state index >= 15 is 0 Å². The molecule has 2 rings (SSSR count). The molecule has 7 nitrogen and oxygen atoms in total. The van der Waals surface area contributed by atoms with E-state index in [4.69, 9.17) is 15.0 Å². The Balaban J connectivity index is 2.01. The molecule has 2 heterocycles. The minimum Gasteiger partial charge on any atom is -0.385 e. The van der Waals surface area contributed by atoms with Gasteiger partial charge in [0.2, 0.25) is 11.7 Å². The molecule has 0 spiro atoms. The summed E-state index contributed by atoms with van der Waals surface area (Å²) in [6, 6.07) is 1.57. The minimum atomic E-state index is -0.259. The first kappa shape index (κ1) is 12.7. The van der Waals surface area contributed by atoms with Gasteiger partial charge in [0.15, 0.2) is 0 Å². The Morgan fingerprint density at radius 3 is 3.06 bits per heavy atom. The van der Waals surface area contributed by atoms with Crippen LogP contribution in [0.5, 0.6) is 0 Å². The van der Waals surface area contributed by atoms with Crippen molar-refractivity contribution in [1.82, 2.24) is 19.9 Å². The number of aromatic nitrogens is 4. The molecule has 2 aromatic rings. The topological polar surface area (TPSA) is 92.0 Å². The first-order valence-electron chi connectivity index (χ1n) is 5.79. The van der Waals surface area contributed by atoms with Crippen LogP contribution in [0.25, 0.3) is 11.5 Å². The van der Waals surface area contributed by atoms with Crippen molar-refractivity contribution in [2.24, 2.45) is 12.8 Å². The van der Waals surface area contributed by atoms with Gasteiger partial charge in [0, 0.05) is 27.0 Å². The lowest BCUT2D eigenvalue weighted by molar-refractivity contribution is 0.188. The van der Waals surface area contributed by atoms with Crippen LogP contribution in [0.4, 0.5) is 0 Å². The summed E-state index contributed by atoms with van der Waals surface area (Å²) < 4.78 is 11.8. The molecule has 2 aromatic heterocycles. The van der Waals surface area contributed by atoms with E-state index in [2.05, 4.69) is 15.2 Å². The standard InChI is InChI=1S/C11H17N5O2/c1-16-6-5-9(14-16)10-13-11(18-15-10)8(12)4-3-7-17-2/h5-6,8H,3-4,7,12H2,1-2H3. The van der Waals surface area contributed by atoms with E-state index in [0.717, 1.165) is 12.8 Å². The molecule has 18 heavy (non-hydrogen) atoms. The molecule has 0 fully saturated rings. The van der Waals surface area contributed by atoms with Gasteiger partial charge in [0.25, 0.3) is 0 Å². The minimum absolute atomic E-state index is 0.259. The average Bonchev–Trinajstić information content (AvgIpc) is 2.97. The second-order valence-electron chi connectivity index (χ2n) is 4.07. The molecule has 0 bridgehead atoms. The van der Waals surface area contributed by atoms with Gasteiger partial charge in [-0.25, -0.2) is 0 Å². The second kappa shape index (κ2) is 5.74. The van der Waals surface area contributed by atoms with E-state index in [1.807, 2.05) is 19.3 Å². The Bertz CT molecular complexity index is 493. The summed E-state index contributed by atoms with van der Waals surface area (Å²) >= 11 is 0. The third kappa shape index (κ3) is 2.93. The Kier molecular flexibility index (Phi) is 4.06. The third-order valence-electron chi connectivity index (χ3n) is 2.57. The van der Waals surface area contributed by atoms with E-state index in [1.54, 1.807) is 11.8 Å². The summed E-state index contributed by atoms with van der Waals surface area (Å²) in [5.74, 6) is 0.902. The zero-order valence-corrected chi connectivity index (χ0v) is 10.5. The maximum atomic E-state index is 5.95. The first-order chi connectivity index (χ1) is 8.70. The van der Waals surface area contributed by atoms with Crippen LogP contribution in [0.3, 0.4) is 0 Å². The molecule has 7 heteroatoms. The van der Waals surface area contributed by atoms with Gasteiger partial charge in [-0.15, -0.1) is 0 Å². The lowest BCUT2D eigenvalue weighted by Gasteiger charge is -2.04. The van der Waals surface area contributed by atoms with Gasteiger partial charge >= 0.3 is 0 Å². The number of aryl methyl sites for hydroxylation is 1. The third-order valence-corrected chi connectivity index (χ3v) is 2.57. The number of methoxy groups -OCH3 is 1. The van der Waals surface area contributed by atoms with E-state index < -0.39 is 0 Å². The highest BCUT2D eigenvalue weighted by Crippen LogP contribution is 2.18. The Hall–Kier alpha value is -1.73. The van der Waals surface area contributed by atoms with Crippen molar-refractivity contribution in [3.63, 3.8) is 0 Å². The molecule has 0 saturated carbocycles. The summed E-state index contributed by atoms with van der Waals surface area (Å²) in [7, 11) is 3.50. The van der Waals surface area contributed by atoms with Crippen LogP contribution in [-0.2, 0) is 11.8 Å². The van der Waals surface area contributed by atoms with Gasteiger partial charge in [-0.05, 0) is 18.9 Å². The predicted octanol–water partition coefficient (Wildman–Crippen LogP) is 0.897. The molecule has 1 unspecified atom stereocenters. The summed E-state index contributed by atoms with van der Waals surface area (Å²) in [5, 5.41) is 8.08. The normalized spacial score (nSPS) is 12.8. The second-order valence-corrected chi connectivity index (χ2v) is 4.07. The van der Waals surface area contributed by atoms with Crippen molar-refractivity contribution < 1.29 is 9.26 Å². The van der Waals surface area contributed by atoms with Gasteiger partial charge < -0.3 is 15.0 Å². The zero-order valence-electron chi connectivity index (χ0n) is 10.5. The molecule has 0 aliphatic carbocycles. The summed E-state index contributed by atoms with van der Waals surface area (Å²) in [5.41, 5.74) is 6.63. The van der Waals surface area contributed by atoms with Gasteiger partial charge in [-0.1, -0.05) is 5.16 Å². The fraction of sp³-hybridized carbons (Fsp3) is 0.545. The maximum absolute atomic E-state index is 5.95. The molecular weight excluding hydrogens is 234 g/mol. The highest BCUT2D eigenvalue weighted by atomic mass is 16.5. The van der Waals surface area contributed by atoms with E-state index in [0.29, 0.717) is 24.0 Å². The van der Waals surface area contributed by atoms with Crippen LogP contribution in [0, 0.1) is 0 Å². The van der Waals surface area contributed by atoms with Crippen LogP contribution in [0.15, 0.2) is 16.8 Å². The van der Waals surface area contributed by atoms with Crippen molar-refractivity contribution in [3.05, 3.63) is 18.2 Å². The number of rotatable bonds is 6. The monoisotopic (exact) mass is 251 g/mol. The number of nitrogens with zero attached hydrogens (tertiary/aromatic N) is 4. The number of hydrogen-bond acceptors (Lipinski definition) is 6. The molecule has 0 saturated heterocycles. The summed E-state index contributed by atoms with van der Waals surface area (Å²) in [4.78, 5) is 4.25. The van der Waals surface area contributed by atoms with E-state index in [9.17, 15) is 0 Å². The molecule has 0 aliphatic heterocycles. The highest BCUT2D eigenvalue weighted by Gasteiger charge is 2.16. The average molecular weight is 251 g/mol. The van der Waals surface area contributed by atoms with Gasteiger partial charge in [-0.3, -0.25) is 4.68 Å². The molecular formula is C11H17N5O2. The molecule has 0 aromatic carbocycles. The Morgan fingerprint density at radius 1 is 1.56 bits per heavy atom. The quantitative estimate of drug-likeness (QED) is 0.767. The van der Waals surface area contributed by atoms with Crippen molar-refractivity contribution >= 4 is 0 Å².